The molecule has 8 nitrogen and oxygen atoms in total. The molecule has 1 aliphatic heterocycles. The zero-order valence-electron chi connectivity index (χ0n) is 17.0. The lowest BCUT2D eigenvalue weighted by molar-refractivity contribution is -0.139. The van der Waals surface area contributed by atoms with E-state index in [2.05, 4.69) is 9.97 Å². The van der Waals surface area contributed by atoms with Gasteiger partial charge in [0.25, 0.3) is 11.7 Å². The SMILES string of the molecule is COc1cccc(/C(O)=C2\C(=O)C(=O)N(CCCn3ccnc3)[C@@H]2c2ccncc2)c1. The second-order valence-corrected chi connectivity index (χ2v) is 7.16. The van der Waals surface area contributed by atoms with Gasteiger partial charge in [-0.3, -0.25) is 14.6 Å². The van der Waals surface area contributed by atoms with Crippen molar-refractivity contribution in [2.45, 2.75) is 19.0 Å². The van der Waals surface area contributed by atoms with Crippen LogP contribution in [0.2, 0.25) is 0 Å². The Morgan fingerprint density at radius 2 is 1.90 bits per heavy atom. The molecule has 3 aromatic rings. The molecule has 31 heavy (non-hydrogen) atoms. The van der Waals surface area contributed by atoms with Crippen molar-refractivity contribution < 1.29 is 19.4 Å². The van der Waals surface area contributed by atoms with E-state index in [4.69, 9.17) is 4.74 Å². The number of aromatic nitrogens is 3. The Labute approximate surface area is 179 Å². The van der Waals surface area contributed by atoms with Gasteiger partial charge in [0.1, 0.15) is 11.5 Å². The summed E-state index contributed by atoms with van der Waals surface area (Å²) in [6.07, 6.45) is 9.08. The highest BCUT2D eigenvalue weighted by molar-refractivity contribution is 6.46. The second kappa shape index (κ2) is 8.83. The number of hydrogen-bond acceptors (Lipinski definition) is 6. The summed E-state index contributed by atoms with van der Waals surface area (Å²) < 4.78 is 7.14. The number of likely N-dealkylation sites (tertiary alicyclic amines) is 1. The number of ether oxygens (including phenoxy) is 1. The van der Waals surface area contributed by atoms with Gasteiger partial charge in [-0.05, 0) is 36.2 Å². The number of imidazole rings is 1. The molecule has 3 heterocycles. The summed E-state index contributed by atoms with van der Waals surface area (Å²) in [7, 11) is 1.52. The number of rotatable bonds is 7. The first-order valence-electron chi connectivity index (χ1n) is 9.88. The van der Waals surface area contributed by atoms with Crippen molar-refractivity contribution >= 4 is 17.4 Å². The number of carbonyl (C=O) groups excluding carboxylic acids is 2. The van der Waals surface area contributed by atoms with E-state index in [9.17, 15) is 14.7 Å². The van der Waals surface area contributed by atoms with Crippen LogP contribution in [0, 0.1) is 0 Å². The highest BCUT2D eigenvalue weighted by Gasteiger charge is 2.45. The smallest absolute Gasteiger partial charge is 0.295 e. The third kappa shape index (κ3) is 4.05. The minimum Gasteiger partial charge on any atom is -0.507 e. The van der Waals surface area contributed by atoms with E-state index in [1.54, 1.807) is 61.3 Å². The number of methoxy groups -OCH3 is 1. The minimum absolute atomic E-state index is 0.0621. The summed E-state index contributed by atoms with van der Waals surface area (Å²) in [5.41, 5.74) is 1.18. The third-order valence-electron chi connectivity index (χ3n) is 5.28. The van der Waals surface area contributed by atoms with Crippen molar-refractivity contribution in [2.24, 2.45) is 0 Å². The second-order valence-electron chi connectivity index (χ2n) is 7.16. The van der Waals surface area contributed by atoms with Gasteiger partial charge in [0, 0.05) is 43.4 Å². The van der Waals surface area contributed by atoms with E-state index in [0.29, 0.717) is 36.4 Å². The zero-order chi connectivity index (χ0) is 21.8. The number of aliphatic hydroxyl groups is 1. The molecule has 8 heteroatoms. The predicted octanol–water partition coefficient (Wildman–Crippen LogP) is 2.80. The molecule has 0 saturated carbocycles. The summed E-state index contributed by atoms with van der Waals surface area (Å²) in [4.78, 5) is 35.5. The summed E-state index contributed by atoms with van der Waals surface area (Å²) in [6, 6.07) is 9.56. The fourth-order valence-corrected chi connectivity index (χ4v) is 3.77. The lowest BCUT2D eigenvalue weighted by Crippen LogP contribution is -2.31. The average molecular weight is 418 g/mol. The fourth-order valence-electron chi connectivity index (χ4n) is 3.77. The molecule has 158 valence electrons. The first-order valence-corrected chi connectivity index (χ1v) is 9.88. The Morgan fingerprint density at radius 1 is 1.10 bits per heavy atom. The molecular weight excluding hydrogens is 396 g/mol. The first kappa shape index (κ1) is 20.3. The average Bonchev–Trinajstić information content (AvgIpc) is 3.41. The fraction of sp³-hybridized carbons (Fsp3) is 0.217. The Hall–Kier alpha value is -3.94. The van der Waals surface area contributed by atoms with E-state index < -0.39 is 17.7 Å². The summed E-state index contributed by atoms with van der Waals surface area (Å²) >= 11 is 0. The number of Topliss-reactive ketones (excluding diaryl/α,β-unsaturated/α-hetero) is 1. The van der Waals surface area contributed by atoms with Gasteiger partial charge in [-0.2, -0.15) is 0 Å². The van der Waals surface area contributed by atoms with Crippen LogP contribution >= 0.6 is 0 Å². The van der Waals surface area contributed by atoms with Gasteiger partial charge in [-0.15, -0.1) is 0 Å². The van der Waals surface area contributed by atoms with E-state index in [0.717, 1.165) is 0 Å². The maximum atomic E-state index is 13.0. The molecule has 1 saturated heterocycles. The number of hydrogen-bond donors (Lipinski definition) is 1. The predicted molar refractivity (Wildman–Crippen MR) is 113 cm³/mol. The monoisotopic (exact) mass is 418 g/mol. The summed E-state index contributed by atoms with van der Waals surface area (Å²) in [5, 5.41) is 11.0. The molecule has 1 aromatic carbocycles. The molecule has 1 amide bonds. The van der Waals surface area contributed by atoms with Crippen LogP contribution in [0.4, 0.5) is 0 Å². The molecule has 1 aliphatic rings. The molecule has 0 bridgehead atoms. The lowest BCUT2D eigenvalue weighted by Gasteiger charge is -2.25. The number of aryl methyl sites for hydroxylation is 1. The minimum atomic E-state index is -0.704. The van der Waals surface area contributed by atoms with E-state index >= 15 is 0 Å². The van der Waals surface area contributed by atoms with E-state index in [1.807, 2.05) is 10.8 Å². The van der Waals surface area contributed by atoms with Gasteiger partial charge in [0.15, 0.2) is 0 Å². The van der Waals surface area contributed by atoms with Gasteiger partial charge in [-0.1, -0.05) is 12.1 Å². The maximum Gasteiger partial charge on any atom is 0.295 e. The number of aliphatic hydroxyl groups excluding tert-OH is 1. The van der Waals surface area contributed by atoms with Crippen molar-refractivity contribution in [1.82, 2.24) is 19.4 Å². The van der Waals surface area contributed by atoms with Crippen molar-refractivity contribution in [3.8, 4) is 5.75 Å². The number of benzene rings is 1. The Kier molecular flexibility index (Phi) is 5.79. The van der Waals surface area contributed by atoms with Crippen LogP contribution in [0.1, 0.15) is 23.6 Å². The quantitative estimate of drug-likeness (QED) is 0.360. The maximum absolute atomic E-state index is 13.0. The number of amides is 1. The zero-order valence-corrected chi connectivity index (χ0v) is 17.0. The molecule has 0 spiro atoms. The van der Waals surface area contributed by atoms with Crippen LogP contribution in [0.15, 0.2) is 73.1 Å². The molecule has 2 aromatic heterocycles. The number of carbonyl (C=O) groups is 2. The van der Waals surface area contributed by atoms with Gasteiger partial charge in [0.05, 0.1) is 25.1 Å². The Balaban J connectivity index is 1.72. The van der Waals surface area contributed by atoms with Crippen LogP contribution < -0.4 is 4.74 Å². The summed E-state index contributed by atoms with van der Waals surface area (Å²) in [5.74, 6) is -1.02. The Morgan fingerprint density at radius 3 is 2.61 bits per heavy atom. The molecule has 1 fully saturated rings. The van der Waals surface area contributed by atoms with Crippen molar-refractivity contribution in [1.29, 1.82) is 0 Å². The molecular formula is C23H22N4O4. The number of pyridine rings is 1. The summed E-state index contributed by atoms with van der Waals surface area (Å²) in [6.45, 7) is 1.01. The molecule has 0 aliphatic carbocycles. The van der Waals surface area contributed by atoms with Crippen LogP contribution in [-0.2, 0) is 16.1 Å². The van der Waals surface area contributed by atoms with Crippen LogP contribution in [0.5, 0.6) is 5.75 Å². The van der Waals surface area contributed by atoms with Crippen molar-refractivity contribution in [2.75, 3.05) is 13.7 Å². The highest BCUT2D eigenvalue weighted by atomic mass is 16.5. The molecule has 0 radical (unpaired) electrons. The van der Waals surface area contributed by atoms with Crippen molar-refractivity contribution in [3.05, 3.63) is 84.2 Å². The highest BCUT2D eigenvalue weighted by Crippen LogP contribution is 2.39. The van der Waals surface area contributed by atoms with E-state index in [-0.39, 0.29) is 11.3 Å². The van der Waals surface area contributed by atoms with Crippen molar-refractivity contribution in [3.63, 3.8) is 0 Å². The molecule has 1 atom stereocenters. The topological polar surface area (TPSA) is 97.6 Å². The van der Waals surface area contributed by atoms with Gasteiger partial charge in [-0.25, -0.2) is 4.98 Å². The van der Waals surface area contributed by atoms with Gasteiger partial charge < -0.3 is 19.3 Å². The van der Waals surface area contributed by atoms with Crippen LogP contribution in [0.25, 0.3) is 5.76 Å². The largest absolute Gasteiger partial charge is 0.507 e. The Bertz CT molecular complexity index is 1110. The first-order chi connectivity index (χ1) is 15.1. The third-order valence-corrected chi connectivity index (χ3v) is 5.28. The molecule has 4 rings (SSSR count). The lowest BCUT2D eigenvalue weighted by atomic mass is 9.96. The number of nitrogens with zero attached hydrogens (tertiary/aromatic N) is 4. The normalized spacial score (nSPS) is 17.8. The number of ketones is 1. The van der Waals surface area contributed by atoms with Crippen LogP contribution in [-0.4, -0.2) is 49.9 Å². The van der Waals surface area contributed by atoms with Gasteiger partial charge in [0.2, 0.25) is 0 Å². The van der Waals surface area contributed by atoms with Crippen LogP contribution in [0.3, 0.4) is 0 Å². The standard InChI is InChI=1S/C23H22N4O4/c1-31-18-5-2-4-17(14-18)21(28)19-20(16-6-8-24-9-7-16)27(23(30)22(19)29)12-3-11-26-13-10-25-15-26/h2,4-10,13-15,20,28H,3,11-12H2,1H3/b21-19+/t20-/m1/s1. The van der Waals surface area contributed by atoms with Gasteiger partial charge >= 0.3 is 0 Å². The van der Waals surface area contributed by atoms with E-state index in [1.165, 1.54) is 12.0 Å². The molecule has 1 N–H and O–H groups in total. The molecule has 0 unspecified atom stereocenters.